The van der Waals surface area contributed by atoms with E-state index in [0.717, 1.165) is 79.7 Å². The normalized spacial score (nSPS) is 17.7. The zero-order valence-electron chi connectivity index (χ0n) is 45.2. The largest absolute Gasteiger partial charge is 0.444 e. The third kappa shape index (κ3) is 15.7. The van der Waals surface area contributed by atoms with E-state index in [-0.39, 0.29) is 23.9 Å². The van der Waals surface area contributed by atoms with Crippen molar-refractivity contribution in [2.75, 3.05) is 81.0 Å². The minimum atomic E-state index is -0.600. The van der Waals surface area contributed by atoms with Crippen molar-refractivity contribution in [1.82, 2.24) is 54.1 Å². The molecular formula is C54H67Cl5N14O6. The Hall–Kier alpha value is -6.03. The maximum atomic E-state index is 13.4. The van der Waals surface area contributed by atoms with E-state index in [9.17, 15) is 19.2 Å². The third-order valence-electron chi connectivity index (χ3n) is 13.3. The predicted octanol–water partition coefficient (Wildman–Crippen LogP) is 9.82. The maximum absolute atomic E-state index is 13.4. The molecule has 4 aromatic heterocycles. The Morgan fingerprint density at radius 1 is 0.582 bits per heavy atom. The van der Waals surface area contributed by atoms with Gasteiger partial charge >= 0.3 is 12.2 Å². The topological polar surface area (TPSA) is 199 Å². The molecule has 3 N–H and O–H groups in total. The molecule has 4 saturated heterocycles. The number of rotatable bonds is 9. The summed E-state index contributed by atoms with van der Waals surface area (Å²) in [5, 5.41) is 21.3. The van der Waals surface area contributed by atoms with Gasteiger partial charge in [0.15, 0.2) is 11.3 Å². The van der Waals surface area contributed by atoms with E-state index in [4.69, 9.17) is 72.5 Å². The van der Waals surface area contributed by atoms with Crippen LogP contribution in [0.3, 0.4) is 0 Å². The SMILES string of the molecule is CC(C)(C)OC(=O)N1CCC[C@@H]1C(=O)N1CCN(c2cc(NCc3ccc(Cl)cc3Cl)n3nccc3n2)CC1.CC(C)(C)OC(=O)N1CCC[C@@H]1C(=O)N1CCNCC1.Clc1ccc(CNc2cc(Cl)nc3ccnn23)c(Cl)c1. The second-order valence-electron chi connectivity index (χ2n) is 21.4. The molecule has 2 atom stereocenters. The van der Waals surface area contributed by atoms with Gasteiger partial charge < -0.3 is 40.1 Å². The van der Waals surface area contributed by atoms with Crippen LogP contribution in [0.25, 0.3) is 11.3 Å². The fourth-order valence-corrected chi connectivity index (χ4v) is 10.6. The molecule has 0 unspecified atom stereocenters. The highest BCUT2D eigenvalue weighted by molar-refractivity contribution is 6.35. The van der Waals surface area contributed by atoms with Crippen molar-refractivity contribution in [2.45, 2.75) is 104 Å². The molecule has 0 aliphatic carbocycles. The van der Waals surface area contributed by atoms with E-state index < -0.39 is 23.3 Å². The van der Waals surface area contributed by atoms with Gasteiger partial charge in [0.2, 0.25) is 11.8 Å². The number of halogens is 5. The molecule has 10 rings (SSSR count). The summed E-state index contributed by atoms with van der Waals surface area (Å²) < 4.78 is 14.4. The van der Waals surface area contributed by atoms with E-state index in [0.29, 0.717) is 89.7 Å². The first kappa shape index (κ1) is 59.1. The van der Waals surface area contributed by atoms with Crippen LogP contribution >= 0.6 is 58.0 Å². The van der Waals surface area contributed by atoms with Crippen LogP contribution in [0.2, 0.25) is 25.2 Å². The van der Waals surface area contributed by atoms with Crippen molar-refractivity contribution in [1.29, 1.82) is 0 Å². The first-order chi connectivity index (χ1) is 37.6. The van der Waals surface area contributed by atoms with Crippen LogP contribution in [-0.4, -0.2) is 162 Å². The molecule has 4 aliphatic rings. The highest BCUT2D eigenvalue weighted by Crippen LogP contribution is 2.29. The number of piperazine rings is 2. The third-order valence-corrected chi connectivity index (χ3v) is 14.7. The summed E-state index contributed by atoms with van der Waals surface area (Å²) in [5.41, 5.74) is 2.12. The van der Waals surface area contributed by atoms with Crippen molar-refractivity contribution in [3.63, 3.8) is 0 Å². The van der Waals surface area contributed by atoms with Crippen LogP contribution in [0, 0.1) is 0 Å². The number of amides is 4. The quantitative estimate of drug-likeness (QED) is 0.116. The summed E-state index contributed by atoms with van der Waals surface area (Å²) in [6, 6.07) is 17.3. The van der Waals surface area contributed by atoms with Gasteiger partial charge in [-0.05, 0) is 103 Å². The first-order valence-electron chi connectivity index (χ1n) is 26.3. The second kappa shape index (κ2) is 26.0. The molecule has 0 radical (unpaired) electrons. The Bertz CT molecular complexity index is 3110. The molecule has 6 aromatic rings. The van der Waals surface area contributed by atoms with Crippen LogP contribution in [-0.2, 0) is 32.2 Å². The van der Waals surface area contributed by atoms with E-state index in [1.54, 1.807) is 61.6 Å². The summed E-state index contributed by atoms with van der Waals surface area (Å²) in [6.45, 7) is 18.6. The number of hydrogen-bond donors (Lipinski definition) is 3. The number of nitrogens with one attached hydrogen (secondary N) is 3. The van der Waals surface area contributed by atoms with Gasteiger partial charge in [0.05, 0.1) is 12.4 Å². The van der Waals surface area contributed by atoms with Gasteiger partial charge in [-0.15, -0.1) is 0 Å². The van der Waals surface area contributed by atoms with E-state index in [2.05, 4.69) is 36.0 Å². The zero-order chi connectivity index (χ0) is 56.6. The molecule has 8 heterocycles. The highest BCUT2D eigenvalue weighted by atomic mass is 35.5. The number of hydrogen-bond acceptors (Lipinski definition) is 14. The van der Waals surface area contributed by atoms with E-state index >= 15 is 0 Å². The summed E-state index contributed by atoms with van der Waals surface area (Å²) in [5.74, 6) is 2.38. The molecule has 0 saturated carbocycles. The summed E-state index contributed by atoms with van der Waals surface area (Å²) in [7, 11) is 0. The second-order valence-corrected chi connectivity index (χ2v) is 23.5. The Labute approximate surface area is 484 Å². The number of nitrogens with zero attached hydrogens (tertiary/aromatic N) is 11. The molecule has 4 amide bonds. The van der Waals surface area contributed by atoms with Crippen molar-refractivity contribution in [3.8, 4) is 0 Å². The Kier molecular flexibility index (Phi) is 19.5. The van der Waals surface area contributed by atoms with Crippen molar-refractivity contribution in [3.05, 3.63) is 109 Å². The number of ether oxygens (including phenoxy) is 2. The van der Waals surface area contributed by atoms with Gasteiger partial charge in [-0.2, -0.15) is 19.2 Å². The van der Waals surface area contributed by atoms with E-state index in [1.807, 2.05) is 81.7 Å². The molecule has 0 spiro atoms. The van der Waals surface area contributed by atoms with Gasteiger partial charge in [0.25, 0.3) is 0 Å². The minimum Gasteiger partial charge on any atom is -0.444 e. The van der Waals surface area contributed by atoms with Crippen LogP contribution in [0.15, 0.2) is 73.1 Å². The lowest BCUT2D eigenvalue weighted by atomic mass is 10.1. The van der Waals surface area contributed by atoms with Crippen LogP contribution in [0.1, 0.15) is 78.4 Å². The van der Waals surface area contributed by atoms with Gasteiger partial charge in [0.1, 0.15) is 45.9 Å². The molecule has 424 valence electrons. The molecule has 2 aromatic carbocycles. The lowest BCUT2D eigenvalue weighted by molar-refractivity contribution is -0.137. The number of carbonyl (C=O) groups excluding carboxylic acids is 4. The number of fused-ring (bicyclic) bond motifs is 2. The standard InChI is InChI=1S/C27H33Cl2N7O3.C14H25N3O3.C13H9Cl3N4/c1-27(2,3)39-26(38)35-10-4-5-21(35)25(37)34-13-11-33(12-14-34)24-16-23(36-22(32-24)8-9-31-36)30-17-18-6-7-19(28)15-20(18)29;1-14(2,3)20-13(19)17-8-4-5-11(17)12(18)16-9-6-15-7-10-16;14-9-2-1-8(10(15)5-9)7-17-13-6-11(16)19-12-3-4-18-20(12)13/h6-9,15-16,21,30H,4-5,10-14,17H2,1-3H3;11,15H,4-10H2,1-3H3;1-6,17H,7H2/t21-;11-;/m11./s1. The van der Waals surface area contributed by atoms with Gasteiger partial charge in [-0.3, -0.25) is 19.4 Å². The predicted molar refractivity (Wildman–Crippen MR) is 309 cm³/mol. The molecule has 79 heavy (non-hydrogen) atoms. The number of carbonyl (C=O) groups is 4. The molecule has 25 heteroatoms. The first-order valence-corrected chi connectivity index (χ1v) is 28.2. The van der Waals surface area contributed by atoms with Crippen molar-refractivity contribution >= 4 is 111 Å². The lowest BCUT2D eigenvalue weighted by Crippen LogP contribution is -2.55. The number of aromatic nitrogens is 6. The van der Waals surface area contributed by atoms with Crippen LogP contribution in [0.4, 0.5) is 27.0 Å². The van der Waals surface area contributed by atoms with Gasteiger partial charge in [-0.1, -0.05) is 70.1 Å². The molecule has 4 aliphatic heterocycles. The Balaban J connectivity index is 0.000000172. The lowest BCUT2D eigenvalue weighted by Gasteiger charge is -2.38. The smallest absolute Gasteiger partial charge is 0.410 e. The number of anilines is 3. The van der Waals surface area contributed by atoms with Crippen molar-refractivity contribution in [2.24, 2.45) is 0 Å². The average molecular weight is 1190 g/mol. The monoisotopic (exact) mass is 1180 g/mol. The van der Waals surface area contributed by atoms with E-state index in [1.165, 1.54) is 0 Å². The highest BCUT2D eigenvalue weighted by Gasteiger charge is 2.41. The number of likely N-dealkylation sites (tertiary alicyclic amines) is 2. The average Bonchev–Trinajstić information content (AvgIpc) is 4.26. The minimum absolute atomic E-state index is 0.0144. The van der Waals surface area contributed by atoms with Gasteiger partial charge in [-0.25, -0.2) is 19.6 Å². The number of benzene rings is 2. The summed E-state index contributed by atoms with van der Waals surface area (Å²) in [6.07, 6.45) is 5.63. The summed E-state index contributed by atoms with van der Waals surface area (Å²) >= 11 is 30.4. The summed E-state index contributed by atoms with van der Waals surface area (Å²) in [4.78, 5) is 68.8. The zero-order valence-corrected chi connectivity index (χ0v) is 48.9. The fraction of sp³-hybridized carbons (Fsp3) is 0.481. The Morgan fingerprint density at radius 3 is 1.51 bits per heavy atom. The van der Waals surface area contributed by atoms with Crippen molar-refractivity contribution < 1.29 is 28.7 Å². The molecule has 20 nitrogen and oxygen atoms in total. The molecule has 0 bridgehead atoms. The molecule has 4 fully saturated rings. The maximum Gasteiger partial charge on any atom is 0.410 e. The van der Waals surface area contributed by atoms with Crippen LogP contribution in [0.5, 0.6) is 0 Å². The fourth-order valence-electron chi connectivity index (χ4n) is 9.49. The van der Waals surface area contributed by atoms with Crippen LogP contribution < -0.4 is 20.9 Å². The van der Waals surface area contributed by atoms with Gasteiger partial charge in [0, 0.05) is 123 Å². The molecular weight excluding hydrogens is 1120 g/mol. The Morgan fingerprint density at radius 2 is 1.04 bits per heavy atom.